The first-order valence-electron chi connectivity index (χ1n) is 18.3. The lowest BCUT2D eigenvalue weighted by Gasteiger charge is -2.34. The Morgan fingerprint density at radius 3 is 0.926 bits per heavy atom. The molecular weight excluding hydrogens is 723 g/mol. The van der Waals surface area contributed by atoms with Crippen molar-refractivity contribution in [3.8, 4) is 22.3 Å². The second kappa shape index (κ2) is 13.9. The van der Waals surface area contributed by atoms with Crippen molar-refractivity contribution in [3.05, 3.63) is 255 Å². The van der Waals surface area contributed by atoms with Crippen LogP contribution in [0.2, 0.25) is 0 Å². The van der Waals surface area contributed by atoms with Crippen molar-refractivity contribution >= 4 is 28.5 Å². The topological polar surface area (TPSA) is 40.5 Å². The largest absolute Gasteiger partial charge is 0.488 e. The van der Waals surface area contributed by atoms with Crippen LogP contribution in [-0.4, -0.2) is 17.2 Å². The average molecular weight is 760 g/mol. The summed E-state index contributed by atoms with van der Waals surface area (Å²) in [5.74, 6) is 0. The highest BCUT2D eigenvalue weighted by Crippen LogP contribution is 2.57. The molecule has 0 heterocycles. The third-order valence-corrected chi connectivity index (χ3v) is 11.8. The van der Waals surface area contributed by atoms with Crippen LogP contribution >= 0.6 is 15.9 Å². The standard InChI is InChI=1S/C25H19BO2.C25H17Br/c27-26(28)20-16-14-19(15-17-20)25(18-8-2-1-3-9-18)23-12-6-4-10-21(23)22-11-5-7-13-24(22)25;26-20-16-14-19(15-17-20)25(18-8-2-1-3-9-18)23-12-6-4-10-21(23)22-11-5-7-13-24(22)25/h1-17,27-28H;1-17H. The predicted octanol–water partition coefficient (Wildman–Crippen LogP) is 10.5. The zero-order chi connectivity index (χ0) is 36.7. The maximum Gasteiger partial charge on any atom is 0.488 e. The molecule has 258 valence electrons. The van der Waals surface area contributed by atoms with E-state index in [-0.39, 0.29) is 5.41 Å². The zero-order valence-electron chi connectivity index (χ0n) is 29.5. The highest BCUT2D eigenvalue weighted by Gasteiger charge is 2.47. The summed E-state index contributed by atoms with van der Waals surface area (Å²) in [6.07, 6.45) is 0. The van der Waals surface area contributed by atoms with Gasteiger partial charge in [0.25, 0.3) is 0 Å². The molecule has 54 heavy (non-hydrogen) atoms. The smallest absolute Gasteiger partial charge is 0.423 e. The van der Waals surface area contributed by atoms with Gasteiger partial charge >= 0.3 is 7.12 Å². The SMILES string of the molecule is Brc1ccc(C2(c3ccccc3)c3ccccc3-c3ccccc32)cc1.OB(O)c1ccc(C2(c3ccccc3)c3ccccc3-c3ccccc32)cc1. The third-order valence-electron chi connectivity index (χ3n) is 11.2. The van der Waals surface area contributed by atoms with E-state index in [0.29, 0.717) is 5.46 Å². The van der Waals surface area contributed by atoms with Crippen molar-refractivity contribution in [3.63, 3.8) is 0 Å². The van der Waals surface area contributed by atoms with Crippen molar-refractivity contribution in [1.29, 1.82) is 0 Å². The summed E-state index contributed by atoms with van der Waals surface area (Å²) in [7, 11) is -1.47. The second-order valence-electron chi connectivity index (χ2n) is 13.9. The highest BCUT2D eigenvalue weighted by molar-refractivity contribution is 9.10. The average Bonchev–Trinajstić information content (AvgIpc) is 3.71. The lowest BCUT2D eigenvalue weighted by Crippen LogP contribution is -2.32. The van der Waals surface area contributed by atoms with E-state index in [9.17, 15) is 10.0 Å². The minimum atomic E-state index is -1.47. The molecule has 0 bridgehead atoms. The van der Waals surface area contributed by atoms with Gasteiger partial charge in [0.15, 0.2) is 0 Å². The molecule has 0 amide bonds. The first-order valence-corrected chi connectivity index (χ1v) is 19.1. The van der Waals surface area contributed by atoms with Crippen LogP contribution < -0.4 is 5.46 Å². The van der Waals surface area contributed by atoms with Crippen molar-refractivity contribution in [1.82, 2.24) is 0 Å². The van der Waals surface area contributed by atoms with Gasteiger partial charge in [0.2, 0.25) is 0 Å². The maximum atomic E-state index is 9.53. The van der Waals surface area contributed by atoms with E-state index in [1.54, 1.807) is 12.1 Å². The molecule has 0 atom stereocenters. The molecule has 4 heteroatoms. The van der Waals surface area contributed by atoms with Gasteiger partial charge in [-0.2, -0.15) is 0 Å². The van der Waals surface area contributed by atoms with Crippen molar-refractivity contribution in [2.24, 2.45) is 0 Å². The van der Waals surface area contributed by atoms with Crippen LogP contribution in [0.4, 0.5) is 0 Å². The third kappa shape index (κ3) is 5.25. The molecule has 0 spiro atoms. The molecule has 8 aromatic carbocycles. The lowest BCUT2D eigenvalue weighted by atomic mass is 9.67. The molecule has 0 radical (unpaired) electrons. The summed E-state index contributed by atoms with van der Waals surface area (Å²) < 4.78 is 1.10. The molecule has 0 fully saturated rings. The van der Waals surface area contributed by atoms with Gasteiger partial charge < -0.3 is 10.0 Å². The number of rotatable bonds is 5. The molecular formula is C50H36BBrO2. The maximum absolute atomic E-state index is 9.53. The summed E-state index contributed by atoms with van der Waals surface area (Å²) >= 11 is 3.59. The summed E-state index contributed by atoms with van der Waals surface area (Å²) in [6, 6.07) is 72.6. The molecule has 8 aromatic rings. The summed E-state index contributed by atoms with van der Waals surface area (Å²) in [5.41, 5.74) is 15.0. The normalized spacial score (nSPS) is 13.8. The first-order chi connectivity index (χ1) is 26.5. The van der Waals surface area contributed by atoms with Gasteiger partial charge in [-0.05, 0) is 84.4 Å². The van der Waals surface area contributed by atoms with E-state index < -0.39 is 12.5 Å². The minimum absolute atomic E-state index is 0.283. The Morgan fingerprint density at radius 2 is 0.593 bits per heavy atom. The minimum Gasteiger partial charge on any atom is -0.423 e. The Balaban J connectivity index is 0.000000143. The van der Waals surface area contributed by atoms with Crippen LogP contribution in [0.15, 0.2) is 211 Å². The van der Waals surface area contributed by atoms with Crippen molar-refractivity contribution in [2.45, 2.75) is 10.8 Å². The molecule has 0 aromatic heterocycles. The Labute approximate surface area is 325 Å². The fourth-order valence-corrected chi connectivity index (χ4v) is 9.29. The molecule has 2 nitrogen and oxygen atoms in total. The van der Waals surface area contributed by atoms with Crippen molar-refractivity contribution in [2.75, 3.05) is 0 Å². The number of benzene rings is 8. The number of hydrogen-bond acceptors (Lipinski definition) is 2. The Morgan fingerprint density at radius 1 is 0.315 bits per heavy atom. The molecule has 0 aliphatic heterocycles. The summed E-state index contributed by atoms with van der Waals surface area (Å²) in [5, 5.41) is 19.1. The molecule has 2 aliphatic carbocycles. The first kappa shape index (κ1) is 34.0. The van der Waals surface area contributed by atoms with Gasteiger partial charge in [0.05, 0.1) is 10.8 Å². The molecule has 10 rings (SSSR count). The Bertz CT molecular complexity index is 2490. The zero-order valence-corrected chi connectivity index (χ0v) is 31.1. The fraction of sp³-hybridized carbons (Fsp3) is 0.0400. The molecule has 0 saturated heterocycles. The highest BCUT2D eigenvalue weighted by atomic mass is 79.9. The fourth-order valence-electron chi connectivity index (χ4n) is 9.03. The van der Waals surface area contributed by atoms with Gasteiger partial charge in [-0.1, -0.05) is 210 Å². The van der Waals surface area contributed by atoms with Crippen LogP contribution in [0.3, 0.4) is 0 Å². The van der Waals surface area contributed by atoms with Gasteiger partial charge in [-0.3, -0.25) is 0 Å². The van der Waals surface area contributed by atoms with Gasteiger partial charge in [0, 0.05) is 4.47 Å². The second-order valence-corrected chi connectivity index (χ2v) is 14.8. The monoisotopic (exact) mass is 758 g/mol. The van der Waals surface area contributed by atoms with Crippen LogP contribution in [0.5, 0.6) is 0 Å². The van der Waals surface area contributed by atoms with Crippen molar-refractivity contribution < 1.29 is 10.0 Å². The lowest BCUT2D eigenvalue weighted by molar-refractivity contribution is 0.426. The van der Waals surface area contributed by atoms with E-state index in [1.165, 1.54) is 61.2 Å². The Hall–Kier alpha value is -5.78. The molecule has 2 aliphatic rings. The van der Waals surface area contributed by atoms with Crippen LogP contribution in [-0.2, 0) is 10.8 Å². The van der Waals surface area contributed by atoms with Gasteiger partial charge in [0.1, 0.15) is 0 Å². The molecule has 0 saturated carbocycles. The van der Waals surface area contributed by atoms with E-state index in [2.05, 4.69) is 192 Å². The number of hydrogen-bond donors (Lipinski definition) is 2. The molecule has 2 N–H and O–H groups in total. The number of halogens is 1. The van der Waals surface area contributed by atoms with E-state index in [4.69, 9.17) is 0 Å². The predicted molar refractivity (Wildman–Crippen MR) is 225 cm³/mol. The summed E-state index contributed by atoms with van der Waals surface area (Å²) in [4.78, 5) is 0. The summed E-state index contributed by atoms with van der Waals surface area (Å²) in [6.45, 7) is 0. The van der Waals surface area contributed by atoms with Gasteiger partial charge in [-0.15, -0.1) is 0 Å². The molecule has 0 unspecified atom stereocenters. The van der Waals surface area contributed by atoms with E-state index in [0.717, 1.165) is 10.0 Å². The Kier molecular flexibility index (Phi) is 8.75. The number of fused-ring (bicyclic) bond motifs is 6. The van der Waals surface area contributed by atoms with E-state index >= 15 is 0 Å². The van der Waals surface area contributed by atoms with E-state index in [1.807, 2.05) is 18.2 Å². The van der Waals surface area contributed by atoms with Crippen LogP contribution in [0, 0.1) is 0 Å². The quantitative estimate of drug-likeness (QED) is 0.172. The van der Waals surface area contributed by atoms with Crippen LogP contribution in [0.25, 0.3) is 22.3 Å². The van der Waals surface area contributed by atoms with Crippen LogP contribution in [0.1, 0.15) is 44.5 Å². The van der Waals surface area contributed by atoms with Gasteiger partial charge in [-0.25, -0.2) is 0 Å².